The predicted octanol–water partition coefficient (Wildman–Crippen LogP) is 9.03. The van der Waals surface area contributed by atoms with Gasteiger partial charge in [-0.3, -0.25) is 0 Å². The van der Waals surface area contributed by atoms with Gasteiger partial charge in [-0.2, -0.15) is 30.3 Å². The molecule has 4 heterocycles. The van der Waals surface area contributed by atoms with Crippen molar-refractivity contribution < 1.29 is 29.6 Å². The minimum absolute atomic E-state index is 0. The van der Waals surface area contributed by atoms with Gasteiger partial charge in [0.1, 0.15) is 17.2 Å². The first-order valence-corrected chi connectivity index (χ1v) is 17.0. The second-order valence-corrected chi connectivity index (χ2v) is 13.0. The zero-order valence-electron chi connectivity index (χ0n) is 28.8. The van der Waals surface area contributed by atoms with Gasteiger partial charge in [0, 0.05) is 17.4 Å². The van der Waals surface area contributed by atoms with Gasteiger partial charge in [0.05, 0.1) is 0 Å². The Bertz CT molecular complexity index is 2340. The molecule has 248 valence electrons. The van der Waals surface area contributed by atoms with Crippen LogP contribution in [0.25, 0.3) is 33.5 Å². The van der Waals surface area contributed by atoms with E-state index in [1.54, 1.807) is 0 Å². The van der Waals surface area contributed by atoms with E-state index in [0.29, 0.717) is 5.92 Å². The number of rotatable bonds is 4. The number of pyridine rings is 2. The monoisotopic (exact) mass is 838 g/mol. The van der Waals surface area contributed by atoms with E-state index in [-0.39, 0.29) is 26.8 Å². The minimum atomic E-state index is 0. The van der Waals surface area contributed by atoms with Crippen LogP contribution < -0.4 is 25.9 Å². The molecular formula is C45H34BIrN2O2. The predicted molar refractivity (Wildman–Crippen MR) is 203 cm³/mol. The van der Waals surface area contributed by atoms with Gasteiger partial charge in [-0.25, -0.2) is 11.1 Å². The third-order valence-electron chi connectivity index (χ3n) is 9.34. The molecule has 0 aliphatic carbocycles. The maximum Gasteiger partial charge on any atom is 3.00 e. The molecular weight excluding hydrogens is 804 g/mol. The summed E-state index contributed by atoms with van der Waals surface area (Å²) in [6, 6.07) is 47.8. The van der Waals surface area contributed by atoms with E-state index in [1.165, 1.54) is 16.7 Å². The fraction of sp³-hybridized carbons (Fsp3) is 0.111. The second-order valence-electron chi connectivity index (χ2n) is 13.0. The number of aromatic nitrogens is 2. The first-order chi connectivity index (χ1) is 24.4. The molecule has 7 aromatic rings. The number of ether oxygens (including phenoxy) is 2. The molecule has 5 aromatic carbocycles. The number of hydrogen-bond acceptors (Lipinski definition) is 4. The van der Waals surface area contributed by atoms with E-state index in [4.69, 9.17) is 9.47 Å². The Labute approximate surface area is 314 Å². The largest absolute Gasteiger partial charge is 3.00 e. The molecule has 4 nitrogen and oxygen atoms in total. The summed E-state index contributed by atoms with van der Waals surface area (Å²) in [5.74, 6) is 3.85. The van der Waals surface area contributed by atoms with Gasteiger partial charge in [0.15, 0.2) is 0 Å². The number of fused-ring (bicyclic) bond motifs is 4. The average molecular weight is 838 g/mol. The Kier molecular flexibility index (Phi) is 9.73. The third kappa shape index (κ3) is 6.66. The fourth-order valence-corrected chi connectivity index (χ4v) is 6.68. The van der Waals surface area contributed by atoms with Crippen LogP contribution in [0.1, 0.15) is 36.6 Å². The molecule has 0 bridgehead atoms. The van der Waals surface area contributed by atoms with Crippen LogP contribution >= 0.6 is 0 Å². The normalized spacial score (nSPS) is 11.8. The Morgan fingerprint density at radius 1 is 0.706 bits per heavy atom. The smallest absolute Gasteiger partial charge is 0.503 e. The van der Waals surface area contributed by atoms with E-state index in [1.807, 2.05) is 73.8 Å². The fourth-order valence-electron chi connectivity index (χ4n) is 6.68. The molecule has 2 aromatic heterocycles. The van der Waals surface area contributed by atoms with Gasteiger partial charge in [-0.15, -0.1) is 29.2 Å². The van der Waals surface area contributed by atoms with Crippen LogP contribution in [-0.4, -0.2) is 16.7 Å². The molecule has 2 aliphatic heterocycles. The molecule has 0 saturated carbocycles. The van der Waals surface area contributed by atoms with Crippen molar-refractivity contribution in [2.24, 2.45) is 0 Å². The minimum Gasteiger partial charge on any atom is -0.503 e. The van der Waals surface area contributed by atoms with Crippen LogP contribution in [0.4, 0.5) is 0 Å². The van der Waals surface area contributed by atoms with Crippen LogP contribution in [0, 0.1) is 32.2 Å². The van der Waals surface area contributed by atoms with Crippen molar-refractivity contribution in [3.8, 4) is 56.5 Å². The van der Waals surface area contributed by atoms with Crippen LogP contribution in [-0.2, 0) is 20.1 Å². The van der Waals surface area contributed by atoms with Gasteiger partial charge in [0.2, 0.25) is 6.71 Å². The van der Waals surface area contributed by atoms with E-state index >= 15 is 0 Å². The van der Waals surface area contributed by atoms with E-state index < -0.39 is 0 Å². The van der Waals surface area contributed by atoms with Crippen molar-refractivity contribution >= 4 is 23.1 Å². The van der Waals surface area contributed by atoms with Crippen molar-refractivity contribution in [2.45, 2.75) is 33.6 Å². The molecule has 9 rings (SSSR count). The Morgan fingerprint density at radius 3 is 2.25 bits per heavy atom. The van der Waals surface area contributed by atoms with E-state index in [2.05, 4.69) is 110 Å². The molecule has 51 heavy (non-hydrogen) atoms. The van der Waals surface area contributed by atoms with E-state index in [9.17, 15) is 0 Å². The topological polar surface area (TPSA) is 44.2 Å². The zero-order valence-corrected chi connectivity index (χ0v) is 31.2. The molecule has 0 atom stereocenters. The molecule has 0 spiro atoms. The number of nitrogens with zero attached hydrogens (tertiary/aromatic N) is 2. The second kappa shape index (κ2) is 14.5. The standard InChI is InChI=1S/C26H19BNO2.C19H15N.Ir/c1-16(2)17-13-14-28-21(15-17)18-7-5-9-20-26(18)30-24-12-6-11-23-25(24)27(20)19-8-3-4-10-22(19)29-23;1-14-8-10-16(11-9-14)18-12-19(15(2)20-13-18)17-6-4-3-5-7-17;/h3-6,8-16H,1-2H3;3-10,12H,1-2H3;/q-1;-2;+3. The van der Waals surface area contributed by atoms with Gasteiger partial charge >= 0.3 is 20.1 Å². The first kappa shape index (κ1) is 34.2. The van der Waals surface area contributed by atoms with Crippen LogP contribution in [0.15, 0.2) is 128 Å². The summed E-state index contributed by atoms with van der Waals surface area (Å²) in [4.78, 5) is 9.06. The van der Waals surface area contributed by atoms with Crippen LogP contribution in [0.2, 0.25) is 0 Å². The summed E-state index contributed by atoms with van der Waals surface area (Å²) in [7, 11) is 0. The zero-order chi connectivity index (χ0) is 34.2. The number of para-hydroxylation sites is 1. The quantitative estimate of drug-likeness (QED) is 0.131. The third-order valence-corrected chi connectivity index (χ3v) is 9.34. The molecule has 6 heteroatoms. The number of aryl methyl sites for hydroxylation is 2. The van der Waals surface area contributed by atoms with Crippen molar-refractivity contribution in [3.05, 3.63) is 163 Å². The summed E-state index contributed by atoms with van der Waals surface area (Å²) >= 11 is 0. The van der Waals surface area contributed by atoms with Crippen molar-refractivity contribution in [2.75, 3.05) is 0 Å². The first-order valence-electron chi connectivity index (χ1n) is 17.0. The molecule has 0 fully saturated rings. The van der Waals surface area contributed by atoms with Crippen molar-refractivity contribution in [3.63, 3.8) is 0 Å². The molecule has 0 saturated heterocycles. The molecule has 0 amide bonds. The summed E-state index contributed by atoms with van der Waals surface area (Å²) in [5, 5.41) is 0. The summed E-state index contributed by atoms with van der Waals surface area (Å²) in [6.45, 7) is 8.52. The van der Waals surface area contributed by atoms with Crippen LogP contribution in [0.3, 0.4) is 0 Å². The Balaban J connectivity index is 0.000000169. The SMILES string of the molecule is CC(C)c1ccnc(-c2[c-]ccc3c2Oc2cccc4c2B3c2ccccc2O4)c1.Cc1c[c-]c(-c2[c-]nc(C)c(-c3ccccc3)c2)cc1.[Ir+3]. The molecule has 0 unspecified atom stereocenters. The van der Waals surface area contributed by atoms with Gasteiger partial charge in [-0.1, -0.05) is 111 Å². The molecule has 0 radical (unpaired) electrons. The summed E-state index contributed by atoms with van der Waals surface area (Å²) in [6.07, 6.45) is 4.97. The Morgan fingerprint density at radius 2 is 1.47 bits per heavy atom. The van der Waals surface area contributed by atoms with Gasteiger partial charge in [0.25, 0.3) is 0 Å². The Hall–Kier alpha value is -5.29. The average Bonchev–Trinajstić information content (AvgIpc) is 3.16. The number of hydrogen-bond donors (Lipinski definition) is 0. The number of benzene rings is 5. The maximum absolute atomic E-state index is 6.47. The summed E-state index contributed by atoms with van der Waals surface area (Å²) < 4.78 is 12.7. The van der Waals surface area contributed by atoms with Crippen molar-refractivity contribution in [1.82, 2.24) is 9.97 Å². The van der Waals surface area contributed by atoms with Crippen LogP contribution in [0.5, 0.6) is 23.0 Å². The molecule has 2 aliphatic rings. The van der Waals surface area contributed by atoms with Gasteiger partial charge < -0.3 is 19.4 Å². The summed E-state index contributed by atoms with van der Waals surface area (Å²) in [5.41, 5.74) is 12.9. The van der Waals surface area contributed by atoms with Crippen molar-refractivity contribution in [1.29, 1.82) is 0 Å². The van der Waals surface area contributed by atoms with E-state index in [0.717, 1.165) is 73.0 Å². The molecule has 0 N–H and O–H groups in total. The van der Waals surface area contributed by atoms with Gasteiger partial charge in [-0.05, 0) is 52.6 Å². The maximum atomic E-state index is 6.47.